The summed E-state index contributed by atoms with van der Waals surface area (Å²) < 4.78 is 34.6. The van der Waals surface area contributed by atoms with Gasteiger partial charge in [-0.3, -0.25) is 10.1 Å². The zero-order valence-electron chi connectivity index (χ0n) is 15.7. The van der Waals surface area contributed by atoms with Crippen LogP contribution >= 0.6 is 8.03 Å². The van der Waals surface area contributed by atoms with E-state index in [0.717, 1.165) is 25.7 Å². The zero-order valence-corrected chi connectivity index (χ0v) is 16.5. The third-order valence-corrected chi connectivity index (χ3v) is 5.26. The molecule has 5 unspecified atom stereocenters. The van der Waals surface area contributed by atoms with Gasteiger partial charge in [0.05, 0.1) is 5.92 Å². The molecule has 0 saturated heterocycles. The van der Waals surface area contributed by atoms with Crippen LogP contribution in [0.25, 0.3) is 0 Å². The number of carbonyl (C=O) groups is 2. The van der Waals surface area contributed by atoms with Crippen molar-refractivity contribution in [3.05, 3.63) is 0 Å². The fourth-order valence-corrected chi connectivity index (χ4v) is 3.92. The second-order valence-electron chi connectivity index (χ2n) is 7.19. The van der Waals surface area contributed by atoms with E-state index in [1.54, 1.807) is 13.8 Å². The maximum Gasteiger partial charge on any atom is 0.505 e. The molecule has 1 aliphatic carbocycles. The smallest absolute Gasteiger partial charge is 0.425 e. The number of hydrogen-bond acceptors (Lipinski definition) is 5. The molecule has 1 aliphatic rings. The minimum absolute atomic E-state index is 0.151. The molecule has 0 heterocycles. The fraction of sp³-hybridized carbons (Fsp3) is 0.882. The number of rotatable bonds is 9. The number of ether oxygens (including phenoxy) is 2. The van der Waals surface area contributed by atoms with Crippen molar-refractivity contribution >= 4 is 20.1 Å². The molecule has 0 spiro atoms. The summed E-state index contributed by atoms with van der Waals surface area (Å²) in [6.07, 6.45) is 1.15. The Morgan fingerprint density at radius 1 is 1.23 bits per heavy atom. The van der Waals surface area contributed by atoms with Crippen LogP contribution in [0.5, 0.6) is 0 Å². The van der Waals surface area contributed by atoms with Crippen LogP contribution in [0.4, 0.5) is 9.18 Å². The third kappa shape index (κ3) is 9.43. The van der Waals surface area contributed by atoms with E-state index >= 15 is 0 Å². The Bertz CT molecular complexity index is 490. The highest BCUT2D eigenvalue weighted by Gasteiger charge is 2.28. The molecule has 9 heteroatoms. The maximum absolute atomic E-state index is 14.0. The lowest BCUT2D eigenvalue weighted by Crippen LogP contribution is -2.36. The van der Waals surface area contributed by atoms with Crippen LogP contribution in [-0.2, 0) is 18.8 Å². The van der Waals surface area contributed by atoms with E-state index in [0.29, 0.717) is 18.5 Å². The summed E-state index contributed by atoms with van der Waals surface area (Å²) in [4.78, 5) is 32.0. The summed E-state index contributed by atoms with van der Waals surface area (Å²) in [5, 5.41) is 2.09. The Morgan fingerprint density at radius 2 is 1.88 bits per heavy atom. The van der Waals surface area contributed by atoms with Crippen LogP contribution in [0.15, 0.2) is 0 Å². The van der Waals surface area contributed by atoms with E-state index < -0.39 is 32.7 Å². The molecule has 0 aromatic heterocycles. The van der Waals surface area contributed by atoms with Crippen molar-refractivity contribution in [1.82, 2.24) is 5.32 Å². The van der Waals surface area contributed by atoms with Gasteiger partial charge in [0.2, 0.25) is 6.29 Å². The first kappa shape index (κ1) is 22.8. The standard InChI is InChI=1S/C17H29FNO6P/c1-11(2)16(20)24-12(3)25-17(21)19-15(18)8-7-13-5-4-6-14(9-13)10-26(22)23/h11-15H,4-10H2,1-3H3,(H-,19,21,22,23)/p+1. The second kappa shape index (κ2) is 11.4. The lowest BCUT2D eigenvalue weighted by Gasteiger charge is -2.27. The van der Waals surface area contributed by atoms with Crippen molar-refractivity contribution < 1.29 is 32.9 Å². The fourth-order valence-electron chi connectivity index (χ4n) is 3.14. The minimum Gasteiger partial charge on any atom is -0.425 e. The van der Waals surface area contributed by atoms with E-state index in [-0.39, 0.29) is 18.3 Å². The molecule has 1 fully saturated rings. The minimum atomic E-state index is -2.13. The first-order valence-corrected chi connectivity index (χ1v) is 10.5. The number of amides is 1. The van der Waals surface area contributed by atoms with Crippen molar-refractivity contribution in [1.29, 1.82) is 0 Å². The van der Waals surface area contributed by atoms with Crippen molar-refractivity contribution in [3.8, 4) is 0 Å². The predicted molar refractivity (Wildman–Crippen MR) is 94.3 cm³/mol. The van der Waals surface area contributed by atoms with Crippen molar-refractivity contribution in [2.45, 2.75) is 71.9 Å². The molecule has 5 atom stereocenters. The summed E-state index contributed by atoms with van der Waals surface area (Å²) in [7, 11) is -2.13. The Labute approximate surface area is 154 Å². The van der Waals surface area contributed by atoms with Crippen LogP contribution in [0.1, 0.15) is 59.3 Å². The molecular formula is C17H30FNO6P+. The SMILES string of the molecule is CC(OC(=O)NC(F)CCC1CCCC(C[P+](=O)O)C1)OC(=O)C(C)C. The number of halogens is 1. The van der Waals surface area contributed by atoms with Gasteiger partial charge in [-0.25, -0.2) is 9.18 Å². The van der Waals surface area contributed by atoms with Crippen molar-refractivity contribution in [3.63, 3.8) is 0 Å². The third-order valence-electron chi connectivity index (χ3n) is 4.44. The van der Waals surface area contributed by atoms with Crippen LogP contribution in [0.3, 0.4) is 0 Å². The average Bonchev–Trinajstić information content (AvgIpc) is 2.52. The number of hydrogen-bond donors (Lipinski definition) is 2. The topological polar surface area (TPSA) is 102 Å². The molecule has 2 N–H and O–H groups in total. The van der Waals surface area contributed by atoms with E-state index in [1.807, 2.05) is 0 Å². The Morgan fingerprint density at radius 3 is 2.50 bits per heavy atom. The molecule has 26 heavy (non-hydrogen) atoms. The molecule has 0 bridgehead atoms. The van der Waals surface area contributed by atoms with Crippen LogP contribution in [0, 0.1) is 17.8 Å². The van der Waals surface area contributed by atoms with Gasteiger partial charge in [0.1, 0.15) is 0 Å². The van der Waals surface area contributed by atoms with E-state index in [1.165, 1.54) is 6.92 Å². The molecule has 150 valence electrons. The first-order valence-electron chi connectivity index (χ1n) is 9.12. The van der Waals surface area contributed by atoms with E-state index in [2.05, 4.69) is 5.32 Å². The summed E-state index contributed by atoms with van der Waals surface area (Å²) in [5.41, 5.74) is 0. The Hall–Kier alpha value is -1.27. The Balaban J connectivity index is 2.26. The molecule has 0 aromatic rings. The maximum atomic E-state index is 14.0. The Kier molecular flexibility index (Phi) is 10.0. The molecule has 1 amide bonds. The largest absolute Gasteiger partial charge is 0.505 e. The van der Waals surface area contributed by atoms with Gasteiger partial charge in [0, 0.05) is 12.8 Å². The van der Waals surface area contributed by atoms with Gasteiger partial charge in [0.15, 0.2) is 12.5 Å². The first-order chi connectivity index (χ1) is 12.2. The van der Waals surface area contributed by atoms with Gasteiger partial charge < -0.3 is 9.47 Å². The second-order valence-corrected chi connectivity index (χ2v) is 8.26. The summed E-state index contributed by atoms with van der Waals surface area (Å²) in [6, 6.07) is 0. The number of alkyl carbamates (subject to hydrolysis) is 1. The van der Waals surface area contributed by atoms with Gasteiger partial charge >= 0.3 is 20.1 Å². The highest BCUT2D eigenvalue weighted by atomic mass is 31.1. The van der Waals surface area contributed by atoms with Gasteiger partial charge in [-0.1, -0.05) is 26.7 Å². The van der Waals surface area contributed by atoms with Gasteiger partial charge in [-0.2, -0.15) is 4.89 Å². The van der Waals surface area contributed by atoms with Gasteiger partial charge in [0.25, 0.3) is 0 Å². The molecule has 7 nitrogen and oxygen atoms in total. The summed E-state index contributed by atoms with van der Waals surface area (Å²) in [5.74, 6) is -0.333. The summed E-state index contributed by atoms with van der Waals surface area (Å²) in [6.45, 7) is 4.70. The molecule has 0 aliphatic heterocycles. The zero-order chi connectivity index (χ0) is 19.7. The number of nitrogens with one attached hydrogen (secondary N) is 1. The average molecular weight is 394 g/mol. The highest BCUT2D eigenvalue weighted by molar-refractivity contribution is 7.38. The lowest BCUT2D eigenvalue weighted by molar-refractivity contribution is -0.168. The van der Waals surface area contributed by atoms with E-state index in [9.17, 15) is 18.5 Å². The van der Waals surface area contributed by atoms with Gasteiger partial charge in [-0.05, 0) is 36.2 Å². The lowest BCUT2D eigenvalue weighted by atomic mass is 9.80. The van der Waals surface area contributed by atoms with Gasteiger partial charge in [-0.15, -0.1) is 0 Å². The van der Waals surface area contributed by atoms with E-state index in [4.69, 9.17) is 14.4 Å². The number of carbonyl (C=O) groups excluding carboxylic acids is 2. The molecule has 1 saturated carbocycles. The monoisotopic (exact) mass is 394 g/mol. The molecule has 0 aromatic carbocycles. The van der Waals surface area contributed by atoms with Crippen molar-refractivity contribution in [2.24, 2.45) is 17.8 Å². The number of alkyl halides is 1. The molecule has 0 radical (unpaired) electrons. The number of esters is 1. The predicted octanol–water partition coefficient (Wildman–Crippen LogP) is 3.87. The molecule has 1 rings (SSSR count). The highest BCUT2D eigenvalue weighted by Crippen LogP contribution is 2.36. The van der Waals surface area contributed by atoms with Crippen LogP contribution in [0.2, 0.25) is 0 Å². The summed E-state index contributed by atoms with van der Waals surface area (Å²) >= 11 is 0. The van der Waals surface area contributed by atoms with Crippen molar-refractivity contribution in [2.75, 3.05) is 6.16 Å². The quantitative estimate of drug-likeness (QED) is 0.266. The molecular weight excluding hydrogens is 364 g/mol. The normalized spacial score (nSPS) is 23.1. The van der Waals surface area contributed by atoms with Crippen LogP contribution in [-0.4, -0.2) is 35.7 Å². The van der Waals surface area contributed by atoms with Crippen LogP contribution < -0.4 is 5.32 Å².